The molecule has 94 valence electrons. The van der Waals surface area contributed by atoms with Crippen molar-refractivity contribution in [1.29, 1.82) is 0 Å². The van der Waals surface area contributed by atoms with Crippen LogP contribution >= 0.6 is 15.9 Å². The summed E-state index contributed by atoms with van der Waals surface area (Å²) in [4.78, 5) is 11.2. The predicted molar refractivity (Wildman–Crippen MR) is 71.9 cm³/mol. The number of nitrogens with zero attached hydrogens (tertiary/aromatic N) is 3. The first-order valence-electron chi connectivity index (χ1n) is 6.04. The molecule has 0 N–H and O–H groups in total. The van der Waals surface area contributed by atoms with E-state index in [0.29, 0.717) is 17.3 Å². The van der Waals surface area contributed by atoms with Gasteiger partial charge >= 0.3 is 0 Å². The second kappa shape index (κ2) is 5.67. The minimum Gasteiger partial charge on any atom is -0.478 e. The molecule has 1 aromatic rings. The van der Waals surface area contributed by atoms with E-state index >= 15 is 0 Å². The fourth-order valence-electron chi connectivity index (χ4n) is 1.96. The lowest BCUT2D eigenvalue weighted by Gasteiger charge is -2.34. The Kier molecular flexibility index (Phi) is 4.20. The molecule has 0 aromatic carbocycles. The van der Waals surface area contributed by atoms with Gasteiger partial charge in [0.05, 0.1) is 6.61 Å². The Labute approximate surface area is 111 Å². The predicted octanol–water partition coefficient (Wildman–Crippen LogP) is 2.49. The van der Waals surface area contributed by atoms with Gasteiger partial charge in [-0.05, 0) is 19.3 Å². The van der Waals surface area contributed by atoms with Crippen LogP contribution in [0.15, 0.2) is 12.4 Å². The van der Waals surface area contributed by atoms with Gasteiger partial charge in [-0.1, -0.05) is 22.9 Å². The molecule has 4 nitrogen and oxygen atoms in total. The maximum atomic E-state index is 5.40. The summed E-state index contributed by atoms with van der Waals surface area (Å²) in [6.45, 7) is 6.91. The van der Waals surface area contributed by atoms with E-state index in [1.54, 1.807) is 6.33 Å². The van der Waals surface area contributed by atoms with Crippen molar-refractivity contribution < 1.29 is 4.74 Å². The third-order valence-corrected chi connectivity index (χ3v) is 4.30. The summed E-state index contributed by atoms with van der Waals surface area (Å²) in [6, 6.07) is 1.92. The Morgan fingerprint density at radius 1 is 1.53 bits per heavy atom. The van der Waals surface area contributed by atoms with E-state index in [0.717, 1.165) is 24.8 Å². The fourth-order valence-corrected chi connectivity index (χ4v) is 2.57. The summed E-state index contributed by atoms with van der Waals surface area (Å²) < 4.78 is 5.40. The highest BCUT2D eigenvalue weighted by Gasteiger charge is 2.24. The molecule has 0 spiro atoms. The van der Waals surface area contributed by atoms with Crippen LogP contribution in [0.4, 0.5) is 5.82 Å². The molecule has 2 unspecified atom stereocenters. The molecule has 5 heteroatoms. The summed E-state index contributed by atoms with van der Waals surface area (Å²) in [5, 5.41) is 0. The number of halogens is 1. The maximum absolute atomic E-state index is 5.40. The topological polar surface area (TPSA) is 38.2 Å². The first-order valence-corrected chi connectivity index (χ1v) is 6.96. The summed E-state index contributed by atoms with van der Waals surface area (Å²) >= 11 is 3.72. The maximum Gasteiger partial charge on any atom is 0.218 e. The molecule has 0 amide bonds. The third-order valence-electron chi connectivity index (χ3n) is 3.11. The van der Waals surface area contributed by atoms with E-state index in [1.807, 2.05) is 13.0 Å². The number of anilines is 1. The molecule has 2 heterocycles. The lowest BCUT2D eigenvalue weighted by molar-refractivity contribution is 0.326. The third kappa shape index (κ3) is 3.09. The van der Waals surface area contributed by atoms with Gasteiger partial charge in [-0.15, -0.1) is 0 Å². The van der Waals surface area contributed by atoms with E-state index in [4.69, 9.17) is 4.74 Å². The SMILES string of the molecule is CCOc1cc(N2CCC(C)C(Br)C2)ncn1. The zero-order valence-electron chi connectivity index (χ0n) is 10.3. The highest BCUT2D eigenvalue weighted by atomic mass is 79.9. The van der Waals surface area contributed by atoms with Crippen molar-refractivity contribution in [3.8, 4) is 5.88 Å². The van der Waals surface area contributed by atoms with Crippen LogP contribution in [0, 0.1) is 5.92 Å². The summed E-state index contributed by atoms with van der Waals surface area (Å²) in [6.07, 6.45) is 2.76. The van der Waals surface area contributed by atoms with Gasteiger partial charge in [-0.3, -0.25) is 0 Å². The van der Waals surface area contributed by atoms with Crippen LogP contribution in [0.5, 0.6) is 5.88 Å². The van der Waals surface area contributed by atoms with Gasteiger partial charge in [-0.2, -0.15) is 0 Å². The normalized spacial score (nSPS) is 24.8. The Balaban J connectivity index is 2.09. The number of ether oxygens (including phenoxy) is 1. The summed E-state index contributed by atoms with van der Waals surface area (Å²) in [7, 11) is 0. The zero-order chi connectivity index (χ0) is 12.3. The standard InChI is InChI=1S/C12H18BrN3O/c1-3-17-12-6-11(14-8-15-12)16-5-4-9(2)10(13)7-16/h6,8-10H,3-5,7H2,1-2H3. The molecular formula is C12H18BrN3O. The van der Waals surface area contributed by atoms with Crippen molar-refractivity contribution in [2.75, 3.05) is 24.6 Å². The average molecular weight is 300 g/mol. The molecule has 1 aromatic heterocycles. The van der Waals surface area contributed by atoms with E-state index in [1.165, 1.54) is 6.42 Å². The number of rotatable bonds is 3. The Hall–Kier alpha value is -0.840. The van der Waals surface area contributed by atoms with Crippen LogP contribution in [0.1, 0.15) is 20.3 Å². The van der Waals surface area contributed by atoms with Crippen LogP contribution in [-0.2, 0) is 0 Å². The molecular weight excluding hydrogens is 282 g/mol. The van der Waals surface area contributed by atoms with Crippen molar-refractivity contribution >= 4 is 21.7 Å². The molecule has 1 aliphatic rings. The molecule has 0 aliphatic carbocycles. The van der Waals surface area contributed by atoms with Crippen molar-refractivity contribution in [2.45, 2.75) is 25.1 Å². The minimum atomic E-state index is 0.529. The monoisotopic (exact) mass is 299 g/mol. The van der Waals surface area contributed by atoms with Crippen molar-refractivity contribution in [3.05, 3.63) is 12.4 Å². The molecule has 0 radical (unpaired) electrons. The Morgan fingerprint density at radius 3 is 3.06 bits per heavy atom. The van der Waals surface area contributed by atoms with Crippen LogP contribution in [0.2, 0.25) is 0 Å². The smallest absolute Gasteiger partial charge is 0.218 e. The van der Waals surface area contributed by atoms with Gasteiger partial charge in [0.15, 0.2) is 0 Å². The second-order valence-corrected chi connectivity index (χ2v) is 5.55. The summed E-state index contributed by atoms with van der Waals surface area (Å²) in [5.74, 6) is 2.33. The van der Waals surface area contributed by atoms with E-state index in [-0.39, 0.29) is 0 Å². The van der Waals surface area contributed by atoms with Gasteiger partial charge < -0.3 is 9.64 Å². The molecule has 1 fully saturated rings. The molecule has 1 aliphatic heterocycles. The van der Waals surface area contributed by atoms with E-state index in [2.05, 4.69) is 37.7 Å². The van der Waals surface area contributed by atoms with E-state index < -0.39 is 0 Å². The number of hydrogen-bond acceptors (Lipinski definition) is 4. The highest BCUT2D eigenvalue weighted by Crippen LogP contribution is 2.27. The van der Waals surface area contributed by atoms with Gasteiger partial charge in [0.25, 0.3) is 0 Å². The Bertz CT molecular complexity index is 375. The van der Waals surface area contributed by atoms with Gasteiger partial charge in [0.1, 0.15) is 12.1 Å². The van der Waals surface area contributed by atoms with Crippen molar-refractivity contribution in [1.82, 2.24) is 9.97 Å². The first kappa shape index (κ1) is 12.6. The number of alkyl halides is 1. The number of hydrogen-bond donors (Lipinski definition) is 0. The molecule has 0 saturated carbocycles. The first-order chi connectivity index (χ1) is 8.20. The lowest BCUT2D eigenvalue weighted by Crippen LogP contribution is -2.40. The van der Waals surface area contributed by atoms with Crippen molar-refractivity contribution in [2.24, 2.45) is 5.92 Å². The minimum absolute atomic E-state index is 0.529. The lowest BCUT2D eigenvalue weighted by atomic mass is 9.99. The van der Waals surface area contributed by atoms with Gasteiger partial charge in [0.2, 0.25) is 5.88 Å². The fraction of sp³-hybridized carbons (Fsp3) is 0.667. The second-order valence-electron chi connectivity index (χ2n) is 4.38. The van der Waals surface area contributed by atoms with Crippen LogP contribution in [0.25, 0.3) is 0 Å². The molecule has 2 atom stereocenters. The van der Waals surface area contributed by atoms with Crippen molar-refractivity contribution in [3.63, 3.8) is 0 Å². The number of aromatic nitrogens is 2. The van der Waals surface area contributed by atoms with Gasteiger partial charge in [-0.25, -0.2) is 9.97 Å². The van der Waals surface area contributed by atoms with Crippen LogP contribution in [-0.4, -0.2) is 34.5 Å². The molecule has 17 heavy (non-hydrogen) atoms. The van der Waals surface area contributed by atoms with Crippen LogP contribution < -0.4 is 9.64 Å². The molecule has 0 bridgehead atoms. The summed E-state index contributed by atoms with van der Waals surface area (Å²) in [5.41, 5.74) is 0. The average Bonchev–Trinajstić information content (AvgIpc) is 2.33. The zero-order valence-corrected chi connectivity index (χ0v) is 11.9. The largest absolute Gasteiger partial charge is 0.478 e. The molecule has 1 saturated heterocycles. The van der Waals surface area contributed by atoms with E-state index in [9.17, 15) is 0 Å². The highest BCUT2D eigenvalue weighted by molar-refractivity contribution is 9.09. The quantitative estimate of drug-likeness (QED) is 0.804. The Morgan fingerprint density at radius 2 is 2.35 bits per heavy atom. The van der Waals surface area contributed by atoms with Crippen LogP contribution in [0.3, 0.4) is 0 Å². The number of piperidine rings is 1. The molecule has 2 rings (SSSR count). The van der Waals surface area contributed by atoms with Gasteiger partial charge in [0, 0.05) is 24.0 Å².